The fourth-order valence-corrected chi connectivity index (χ4v) is 1.95. The van der Waals surface area contributed by atoms with E-state index in [0.29, 0.717) is 17.4 Å². The highest BCUT2D eigenvalue weighted by Crippen LogP contribution is 2.30. The molecule has 0 atom stereocenters. The summed E-state index contributed by atoms with van der Waals surface area (Å²) < 4.78 is 5.31. The van der Waals surface area contributed by atoms with E-state index in [1.807, 2.05) is 18.2 Å². The number of nitrogens with zero attached hydrogens (tertiary/aromatic N) is 1. The molecule has 0 fully saturated rings. The molecule has 0 unspecified atom stereocenters. The second kappa shape index (κ2) is 4.53. The second-order valence-electron chi connectivity index (χ2n) is 4.27. The number of fused-ring (bicyclic) bond motifs is 1. The van der Waals surface area contributed by atoms with Gasteiger partial charge in [0, 0.05) is 11.5 Å². The standard InChI is InChI=1S/C14H15NO2/c1-9(2)11-5-4-6-12-13(17-3)7-10(8-16)15-14(11)12/h4-9H,1-3H3. The maximum atomic E-state index is 10.9. The van der Waals surface area contributed by atoms with Crippen molar-refractivity contribution in [3.63, 3.8) is 0 Å². The zero-order chi connectivity index (χ0) is 12.4. The van der Waals surface area contributed by atoms with Crippen LogP contribution in [0.15, 0.2) is 24.3 Å². The van der Waals surface area contributed by atoms with E-state index in [1.54, 1.807) is 13.2 Å². The molecule has 0 bridgehead atoms. The maximum absolute atomic E-state index is 10.9. The quantitative estimate of drug-likeness (QED) is 0.759. The molecule has 1 aromatic heterocycles. The predicted octanol–water partition coefficient (Wildman–Crippen LogP) is 3.18. The lowest BCUT2D eigenvalue weighted by Gasteiger charge is -2.12. The first-order chi connectivity index (χ1) is 8.17. The van der Waals surface area contributed by atoms with Crippen molar-refractivity contribution in [2.24, 2.45) is 0 Å². The molecular formula is C14H15NO2. The average molecular weight is 229 g/mol. The Bertz CT molecular complexity index is 561. The highest BCUT2D eigenvalue weighted by molar-refractivity contribution is 5.91. The monoisotopic (exact) mass is 229 g/mol. The predicted molar refractivity (Wildman–Crippen MR) is 67.8 cm³/mol. The number of aldehydes is 1. The van der Waals surface area contributed by atoms with Crippen molar-refractivity contribution in [2.75, 3.05) is 7.11 Å². The molecule has 1 heterocycles. The number of carbonyl (C=O) groups excluding carboxylic acids is 1. The zero-order valence-electron chi connectivity index (χ0n) is 10.2. The van der Waals surface area contributed by atoms with Crippen molar-refractivity contribution < 1.29 is 9.53 Å². The van der Waals surface area contributed by atoms with Crippen LogP contribution in [0.2, 0.25) is 0 Å². The lowest BCUT2D eigenvalue weighted by molar-refractivity contribution is 0.111. The van der Waals surface area contributed by atoms with Crippen LogP contribution in [0.25, 0.3) is 10.9 Å². The van der Waals surface area contributed by atoms with Crippen LogP contribution in [-0.4, -0.2) is 18.4 Å². The van der Waals surface area contributed by atoms with Crippen LogP contribution in [-0.2, 0) is 0 Å². The minimum absolute atomic E-state index is 0.359. The van der Waals surface area contributed by atoms with E-state index in [1.165, 1.54) is 0 Å². The number of carbonyl (C=O) groups is 1. The van der Waals surface area contributed by atoms with Crippen molar-refractivity contribution >= 4 is 17.2 Å². The fraction of sp³-hybridized carbons (Fsp3) is 0.286. The van der Waals surface area contributed by atoms with Gasteiger partial charge in [0.15, 0.2) is 6.29 Å². The lowest BCUT2D eigenvalue weighted by Crippen LogP contribution is -1.97. The van der Waals surface area contributed by atoms with Gasteiger partial charge in [0.2, 0.25) is 0 Å². The smallest absolute Gasteiger partial charge is 0.168 e. The third kappa shape index (κ3) is 2.00. The van der Waals surface area contributed by atoms with Gasteiger partial charge in [-0.15, -0.1) is 0 Å². The van der Waals surface area contributed by atoms with Gasteiger partial charge < -0.3 is 4.74 Å². The summed E-state index contributed by atoms with van der Waals surface area (Å²) in [5, 5.41) is 0.948. The molecule has 2 rings (SSSR count). The van der Waals surface area contributed by atoms with E-state index in [0.717, 1.165) is 22.8 Å². The Labute approximate surface area is 100 Å². The molecule has 0 aliphatic heterocycles. The molecule has 3 heteroatoms. The van der Waals surface area contributed by atoms with E-state index in [4.69, 9.17) is 4.74 Å². The molecule has 0 radical (unpaired) electrons. The molecule has 3 nitrogen and oxygen atoms in total. The molecule has 0 saturated heterocycles. The Balaban J connectivity index is 2.83. The number of pyridine rings is 1. The Kier molecular flexibility index (Phi) is 3.09. The van der Waals surface area contributed by atoms with Crippen LogP contribution >= 0.6 is 0 Å². The average Bonchev–Trinajstić information content (AvgIpc) is 2.36. The highest BCUT2D eigenvalue weighted by Gasteiger charge is 2.11. The van der Waals surface area contributed by atoms with Crippen molar-refractivity contribution in [2.45, 2.75) is 19.8 Å². The molecule has 0 aliphatic carbocycles. The van der Waals surface area contributed by atoms with Gasteiger partial charge in [-0.25, -0.2) is 4.98 Å². The minimum atomic E-state index is 0.359. The molecule has 0 N–H and O–H groups in total. The summed E-state index contributed by atoms with van der Waals surface area (Å²) in [5.41, 5.74) is 2.39. The Morgan fingerprint density at radius 2 is 2.12 bits per heavy atom. The van der Waals surface area contributed by atoms with Crippen molar-refractivity contribution in [1.82, 2.24) is 4.98 Å². The number of benzene rings is 1. The Hall–Kier alpha value is -1.90. The van der Waals surface area contributed by atoms with Crippen LogP contribution in [0.5, 0.6) is 5.75 Å². The molecule has 0 spiro atoms. The highest BCUT2D eigenvalue weighted by atomic mass is 16.5. The number of para-hydroxylation sites is 1. The van der Waals surface area contributed by atoms with Gasteiger partial charge in [-0.3, -0.25) is 4.79 Å². The molecule has 2 aromatic rings. The van der Waals surface area contributed by atoms with Gasteiger partial charge in [-0.1, -0.05) is 26.0 Å². The van der Waals surface area contributed by atoms with Gasteiger partial charge in [0.25, 0.3) is 0 Å². The summed E-state index contributed by atoms with van der Waals surface area (Å²) in [4.78, 5) is 15.3. The minimum Gasteiger partial charge on any atom is -0.496 e. The third-order valence-electron chi connectivity index (χ3n) is 2.82. The van der Waals surface area contributed by atoms with Crippen LogP contribution in [0.4, 0.5) is 0 Å². The number of rotatable bonds is 3. The molecule has 1 aromatic carbocycles. The van der Waals surface area contributed by atoms with Crippen molar-refractivity contribution in [3.05, 3.63) is 35.5 Å². The second-order valence-corrected chi connectivity index (χ2v) is 4.27. The van der Waals surface area contributed by atoms with Crippen molar-refractivity contribution in [3.8, 4) is 5.75 Å². The SMILES string of the molecule is COc1cc(C=O)nc2c(C(C)C)cccc12. The van der Waals surface area contributed by atoms with Crippen LogP contribution < -0.4 is 4.74 Å². The number of hydrogen-bond acceptors (Lipinski definition) is 3. The van der Waals surface area contributed by atoms with E-state index >= 15 is 0 Å². The molecule has 0 aliphatic rings. The van der Waals surface area contributed by atoms with Gasteiger partial charge in [0.05, 0.1) is 12.6 Å². The first-order valence-corrected chi connectivity index (χ1v) is 5.60. The zero-order valence-corrected chi connectivity index (χ0v) is 10.2. The fourth-order valence-electron chi connectivity index (χ4n) is 1.95. The largest absolute Gasteiger partial charge is 0.496 e. The van der Waals surface area contributed by atoms with E-state index in [9.17, 15) is 4.79 Å². The topological polar surface area (TPSA) is 39.2 Å². The van der Waals surface area contributed by atoms with Gasteiger partial charge in [0.1, 0.15) is 11.4 Å². The maximum Gasteiger partial charge on any atom is 0.168 e. The summed E-state index contributed by atoms with van der Waals surface area (Å²) in [6.45, 7) is 4.22. The van der Waals surface area contributed by atoms with Gasteiger partial charge in [-0.2, -0.15) is 0 Å². The molecule has 0 amide bonds. The first kappa shape index (κ1) is 11.6. The summed E-state index contributed by atoms with van der Waals surface area (Å²) >= 11 is 0. The van der Waals surface area contributed by atoms with Crippen LogP contribution in [0, 0.1) is 0 Å². The number of aromatic nitrogens is 1. The lowest BCUT2D eigenvalue weighted by atomic mass is 9.99. The summed E-state index contributed by atoms with van der Waals surface area (Å²) in [6, 6.07) is 7.65. The van der Waals surface area contributed by atoms with E-state index in [2.05, 4.69) is 18.8 Å². The van der Waals surface area contributed by atoms with Crippen LogP contribution in [0.3, 0.4) is 0 Å². The number of methoxy groups -OCH3 is 1. The van der Waals surface area contributed by atoms with E-state index < -0.39 is 0 Å². The van der Waals surface area contributed by atoms with Crippen LogP contribution in [0.1, 0.15) is 35.8 Å². The van der Waals surface area contributed by atoms with Crippen molar-refractivity contribution in [1.29, 1.82) is 0 Å². The normalized spacial score (nSPS) is 10.8. The van der Waals surface area contributed by atoms with E-state index in [-0.39, 0.29) is 0 Å². The summed E-state index contributed by atoms with van der Waals surface area (Å²) in [6.07, 6.45) is 0.749. The Morgan fingerprint density at radius 3 is 2.71 bits per heavy atom. The summed E-state index contributed by atoms with van der Waals surface area (Å²) in [7, 11) is 1.60. The first-order valence-electron chi connectivity index (χ1n) is 5.60. The van der Waals surface area contributed by atoms with Gasteiger partial charge >= 0.3 is 0 Å². The Morgan fingerprint density at radius 1 is 1.35 bits per heavy atom. The number of ether oxygens (including phenoxy) is 1. The third-order valence-corrected chi connectivity index (χ3v) is 2.82. The molecular weight excluding hydrogens is 214 g/mol. The molecule has 0 saturated carbocycles. The summed E-state index contributed by atoms with van der Waals surface area (Å²) in [5.74, 6) is 1.05. The number of hydrogen-bond donors (Lipinski definition) is 0. The van der Waals surface area contributed by atoms with Gasteiger partial charge in [-0.05, 0) is 17.5 Å². The molecule has 88 valence electrons. The molecule has 17 heavy (non-hydrogen) atoms.